The SMILES string of the molecule is CCC(C)COc1ccc(C(=O)Oc2ccc(-c3ccc(C(=O)O)cc3)cc2)cc1C#N. The van der Waals surface area contributed by atoms with Gasteiger partial charge in [-0.05, 0) is 59.5 Å². The molecule has 0 heterocycles. The number of carboxylic acids is 1. The second-order valence-electron chi connectivity index (χ2n) is 7.44. The van der Waals surface area contributed by atoms with Gasteiger partial charge in [0.2, 0.25) is 0 Å². The minimum Gasteiger partial charge on any atom is -0.492 e. The summed E-state index contributed by atoms with van der Waals surface area (Å²) in [6, 6.07) is 20.1. The molecule has 0 saturated heterocycles. The van der Waals surface area contributed by atoms with E-state index in [1.165, 1.54) is 18.2 Å². The predicted molar refractivity (Wildman–Crippen MR) is 120 cm³/mol. The molecule has 1 N–H and O–H groups in total. The molecule has 3 aromatic rings. The molecule has 6 nitrogen and oxygen atoms in total. The lowest BCUT2D eigenvalue weighted by Gasteiger charge is -2.12. The van der Waals surface area contributed by atoms with Crippen molar-refractivity contribution in [3.05, 3.63) is 83.4 Å². The third-order valence-corrected chi connectivity index (χ3v) is 5.09. The van der Waals surface area contributed by atoms with Crippen molar-refractivity contribution in [3.63, 3.8) is 0 Å². The van der Waals surface area contributed by atoms with E-state index < -0.39 is 11.9 Å². The fourth-order valence-corrected chi connectivity index (χ4v) is 2.91. The van der Waals surface area contributed by atoms with E-state index in [1.807, 2.05) is 0 Å². The molecule has 162 valence electrons. The van der Waals surface area contributed by atoms with Crippen molar-refractivity contribution in [2.45, 2.75) is 20.3 Å². The number of nitrogens with zero attached hydrogens (tertiary/aromatic N) is 1. The Kier molecular flexibility index (Phi) is 7.25. The Morgan fingerprint density at radius 3 is 2.12 bits per heavy atom. The molecule has 0 aliphatic carbocycles. The second-order valence-corrected chi connectivity index (χ2v) is 7.44. The van der Waals surface area contributed by atoms with Crippen LogP contribution >= 0.6 is 0 Å². The molecule has 0 radical (unpaired) electrons. The minimum atomic E-state index is -0.978. The number of carboxylic acid groups (broad SMARTS) is 1. The lowest BCUT2D eigenvalue weighted by molar-refractivity contribution is 0.0694. The van der Waals surface area contributed by atoms with Crippen LogP contribution in [0.1, 0.15) is 46.5 Å². The smallest absolute Gasteiger partial charge is 0.343 e. The summed E-state index contributed by atoms with van der Waals surface area (Å²) in [5.41, 5.74) is 2.46. The van der Waals surface area contributed by atoms with E-state index in [4.69, 9.17) is 14.6 Å². The second kappa shape index (κ2) is 10.3. The molecule has 1 atom stereocenters. The number of aromatic carboxylic acids is 1. The highest BCUT2D eigenvalue weighted by atomic mass is 16.5. The number of hydrogen-bond acceptors (Lipinski definition) is 5. The molecule has 0 bridgehead atoms. The first kappa shape index (κ1) is 22.6. The molecular formula is C26H23NO5. The van der Waals surface area contributed by atoms with E-state index >= 15 is 0 Å². The van der Waals surface area contributed by atoms with Crippen LogP contribution in [0.15, 0.2) is 66.7 Å². The summed E-state index contributed by atoms with van der Waals surface area (Å²) in [4.78, 5) is 23.5. The fourth-order valence-electron chi connectivity index (χ4n) is 2.91. The molecular weight excluding hydrogens is 406 g/mol. The minimum absolute atomic E-state index is 0.215. The van der Waals surface area contributed by atoms with E-state index in [-0.39, 0.29) is 16.7 Å². The quantitative estimate of drug-likeness (QED) is 0.372. The highest BCUT2D eigenvalue weighted by Gasteiger charge is 2.14. The standard InChI is InChI=1S/C26H23NO5/c1-3-17(2)16-31-24-13-10-21(14-22(24)15-27)26(30)32-23-11-8-19(9-12-23)18-4-6-20(7-5-18)25(28)29/h4-14,17H,3,16H2,1-2H3,(H,28,29). The number of hydrogen-bond donors (Lipinski definition) is 1. The van der Waals surface area contributed by atoms with Crippen molar-refractivity contribution in [2.75, 3.05) is 6.61 Å². The Labute approximate surface area is 186 Å². The molecule has 0 saturated carbocycles. The van der Waals surface area contributed by atoms with Crippen molar-refractivity contribution in [1.82, 2.24) is 0 Å². The molecule has 1 unspecified atom stereocenters. The Bertz CT molecular complexity index is 1140. The molecule has 0 spiro atoms. The van der Waals surface area contributed by atoms with Gasteiger partial charge in [-0.2, -0.15) is 5.26 Å². The van der Waals surface area contributed by atoms with Crippen LogP contribution in [0.3, 0.4) is 0 Å². The van der Waals surface area contributed by atoms with E-state index in [0.29, 0.717) is 24.0 Å². The van der Waals surface area contributed by atoms with Gasteiger partial charge in [-0.1, -0.05) is 44.5 Å². The van der Waals surface area contributed by atoms with Gasteiger partial charge in [0.05, 0.1) is 23.3 Å². The van der Waals surface area contributed by atoms with Gasteiger partial charge in [0.15, 0.2) is 0 Å². The van der Waals surface area contributed by atoms with Gasteiger partial charge in [-0.25, -0.2) is 9.59 Å². The maximum absolute atomic E-state index is 12.5. The summed E-state index contributed by atoms with van der Waals surface area (Å²) in [5, 5.41) is 18.4. The predicted octanol–water partition coefficient (Wildman–Crippen LogP) is 5.57. The van der Waals surface area contributed by atoms with Crippen molar-refractivity contribution in [2.24, 2.45) is 5.92 Å². The molecule has 0 aliphatic rings. The summed E-state index contributed by atoms with van der Waals surface area (Å²) in [6.07, 6.45) is 0.971. The number of ether oxygens (including phenoxy) is 2. The molecule has 0 aromatic heterocycles. The van der Waals surface area contributed by atoms with Gasteiger partial charge in [-0.3, -0.25) is 0 Å². The van der Waals surface area contributed by atoms with Gasteiger partial charge in [-0.15, -0.1) is 0 Å². The van der Waals surface area contributed by atoms with Crippen LogP contribution in [0, 0.1) is 17.2 Å². The van der Waals surface area contributed by atoms with Gasteiger partial charge in [0.25, 0.3) is 0 Å². The number of carbonyl (C=O) groups is 2. The molecule has 0 fully saturated rings. The van der Waals surface area contributed by atoms with E-state index in [2.05, 4.69) is 19.9 Å². The number of benzene rings is 3. The zero-order valence-electron chi connectivity index (χ0n) is 17.9. The number of esters is 1. The van der Waals surface area contributed by atoms with E-state index in [0.717, 1.165) is 17.5 Å². The molecule has 6 heteroatoms. The first-order valence-corrected chi connectivity index (χ1v) is 10.2. The van der Waals surface area contributed by atoms with Gasteiger partial charge >= 0.3 is 11.9 Å². The first-order chi connectivity index (χ1) is 15.4. The molecule has 3 rings (SSSR count). The average Bonchev–Trinajstić information content (AvgIpc) is 2.82. The van der Waals surface area contributed by atoms with Crippen molar-refractivity contribution >= 4 is 11.9 Å². The maximum Gasteiger partial charge on any atom is 0.343 e. The van der Waals surface area contributed by atoms with Gasteiger partial charge < -0.3 is 14.6 Å². The molecule has 0 aliphatic heterocycles. The van der Waals surface area contributed by atoms with Crippen LogP contribution in [-0.4, -0.2) is 23.7 Å². The van der Waals surface area contributed by atoms with Crippen LogP contribution in [-0.2, 0) is 0 Å². The Morgan fingerprint density at radius 2 is 1.56 bits per heavy atom. The van der Waals surface area contributed by atoms with Crippen LogP contribution in [0.25, 0.3) is 11.1 Å². The average molecular weight is 429 g/mol. The number of nitriles is 1. The van der Waals surface area contributed by atoms with Crippen molar-refractivity contribution in [3.8, 4) is 28.7 Å². The van der Waals surface area contributed by atoms with Crippen LogP contribution in [0.4, 0.5) is 0 Å². The fraction of sp³-hybridized carbons (Fsp3) is 0.192. The van der Waals surface area contributed by atoms with Crippen molar-refractivity contribution < 1.29 is 24.2 Å². The summed E-state index contributed by atoms with van der Waals surface area (Å²) < 4.78 is 11.1. The lowest BCUT2D eigenvalue weighted by Crippen LogP contribution is -2.11. The highest BCUT2D eigenvalue weighted by Crippen LogP contribution is 2.25. The Morgan fingerprint density at radius 1 is 0.969 bits per heavy atom. The zero-order valence-corrected chi connectivity index (χ0v) is 17.9. The number of carbonyl (C=O) groups excluding carboxylic acids is 1. The summed E-state index contributed by atoms with van der Waals surface area (Å²) in [6.45, 7) is 4.63. The Balaban J connectivity index is 1.69. The van der Waals surface area contributed by atoms with Crippen LogP contribution in [0.2, 0.25) is 0 Å². The topological polar surface area (TPSA) is 96.6 Å². The van der Waals surface area contributed by atoms with Gasteiger partial charge in [0.1, 0.15) is 17.6 Å². The zero-order chi connectivity index (χ0) is 23.1. The normalized spacial score (nSPS) is 11.3. The number of rotatable bonds is 8. The largest absolute Gasteiger partial charge is 0.492 e. The molecule has 0 amide bonds. The molecule has 32 heavy (non-hydrogen) atoms. The van der Waals surface area contributed by atoms with Crippen LogP contribution < -0.4 is 9.47 Å². The summed E-state index contributed by atoms with van der Waals surface area (Å²) in [7, 11) is 0. The summed E-state index contributed by atoms with van der Waals surface area (Å²) in [5.74, 6) is -0.384. The van der Waals surface area contributed by atoms with E-state index in [9.17, 15) is 14.9 Å². The third kappa shape index (κ3) is 5.52. The lowest BCUT2D eigenvalue weighted by atomic mass is 10.0. The summed E-state index contributed by atoms with van der Waals surface area (Å²) >= 11 is 0. The Hall–Kier alpha value is -4.11. The van der Waals surface area contributed by atoms with E-state index in [1.54, 1.807) is 48.5 Å². The third-order valence-electron chi connectivity index (χ3n) is 5.09. The van der Waals surface area contributed by atoms with Gasteiger partial charge in [0, 0.05) is 0 Å². The first-order valence-electron chi connectivity index (χ1n) is 10.2. The highest BCUT2D eigenvalue weighted by molar-refractivity contribution is 5.92. The molecule has 3 aromatic carbocycles. The monoisotopic (exact) mass is 429 g/mol. The van der Waals surface area contributed by atoms with Crippen molar-refractivity contribution in [1.29, 1.82) is 5.26 Å². The maximum atomic E-state index is 12.5. The van der Waals surface area contributed by atoms with Crippen LogP contribution in [0.5, 0.6) is 11.5 Å².